The summed E-state index contributed by atoms with van der Waals surface area (Å²) in [6.07, 6.45) is 0. The highest BCUT2D eigenvalue weighted by atomic mass is 16.1. The van der Waals surface area contributed by atoms with Gasteiger partial charge in [-0.1, -0.05) is 12.1 Å². The third-order valence-electron chi connectivity index (χ3n) is 3.20. The Morgan fingerprint density at radius 2 is 1.90 bits per heavy atom. The molecule has 1 amide bonds. The van der Waals surface area contributed by atoms with Crippen LogP contribution in [0.4, 0.5) is 17.1 Å². The lowest BCUT2D eigenvalue weighted by atomic mass is 10.1. The third kappa shape index (κ3) is 3.52. The number of nitrogens with two attached hydrogens (primary N) is 1. The zero-order chi connectivity index (χ0) is 15.4. The average molecular weight is 284 g/mol. The first kappa shape index (κ1) is 14.9. The molecule has 2 rings (SSSR count). The Morgan fingerprint density at radius 1 is 1.14 bits per heavy atom. The second kappa shape index (κ2) is 6.28. The second-order valence-corrected chi connectivity index (χ2v) is 5.09. The quantitative estimate of drug-likeness (QED) is 0.596. The van der Waals surface area contributed by atoms with Crippen LogP contribution in [0.15, 0.2) is 42.5 Å². The summed E-state index contributed by atoms with van der Waals surface area (Å²) in [7, 11) is 3.91. The first-order valence-corrected chi connectivity index (χ1v) is 6.67. The highest BCUT2D eigenvalue weighted by Gasteiger charge is 2.11. The van der Waals surface area contributed by atoms with Gasteiger partial charge in [0, 0.05) is 25.5 Å². The molecule has 0 spiro atoms. The van der Waals surface area contributed by atoms with Crippen molar-refractivity contribution in [1.82, 2.24) is 0 Å². The summed E-state index contributed by atoms with van der Waals surface area (Å²) in [6, 6.07) is 13.1. The molecule has 0 aliphatic rings. The summed E-state index contributed by atoms with van der Waals surface area (Å²) < 4.78 is 0. The lowest BCUT2D eigenvalue weighted by molar-refractivity contribution is 0.102. The van der Waals surface area contributed by atoms with E-state index in [-0.39, 0.29) is 5.91 Å². The highest BCUT2D eigenvalue weighted by Crippen LogP contribution is 2.21. The number of hydrogen-bond donors (Lipinski definition) is 3. The lowest BCUT2D eigenvalue weighted by Crippen LogP contribution is -2.17. The van der Waals surface area contributed by atoms with E-state index in [4.69, 9.17) is 5.84 Å². The topological polar surface area (TPSA) is 70.4 Å². The van der Waals surface area contributed by atoms with E-state index in [0.717, 1.165) is 16.9 Å². The summed E-state index contributed by atoms with van der Waals surface area (Å²) in [4.78, 5) is 14.3. The van der Waals surface area contributed by atoms with Crippen molar-refractivity contribution >= 4 is 23.0 Å². The molecule has 0 radical (unpaired) electrons. The molecule has 0 heterocycles. The van der Waals surface area contributed by atoms with Crippen LogP contribution in [-0.2, 0) is 0 Å². The molecule has 0 saturated carbocycles. The van der Waals surface area contributed by atoms with Crippen molar-refractivity contribution in [3.8, 4) is 0 Å². The average Bonchev–Trinajstić information content (AvgIpc) is 2.47. The Balaban J connectivity index is 2.24. The van der Waals surface area contributed by atoms with E-state index in [2.05, 4.69) is 10.7 Å². The van der Waals surface area contributed by atoms with Gasteiger partial charge in [0.1, 0.15) is 0 Å². The van der Waals surface area contributed by atoms with Gasteiger partial charge < -0.3 is 15.6 Å². The first-order chi connectivity index (χ1) is 10.0. The Morgan fingerprint density at radius 3 is 2.57 bits per heavy atom. The molecule has 5 nitrogen and oxygen atoms in total. The van der Waals surface area contributed by atoms with E-state index in [0.29, 0.717) is 11.3 Å². The van der Waals surface area contributed by atoms with Crippen molar-refractivity contribution in [3.05, 3.63) is 53.6 Å². The van der Waals surface area contributed by atoms with Gasteiger partial charge in [0.25, 0.3) is 5.91 Å². The van der Waals surface area contributed by atoms with E-state index < -0.39 is 0 Å². The van der Waals surface area contributed by atoms with Crippen LogP contribution in [-0.4, -0.2) is 20.0 Å². The van der Waals surface area contributed by atoms with Gasteiger partial charge in [-0.3, -0.25) is 10.6 Å². The van der Waals surface area contributed by atoms with Gasteiger partial charge in [-0.2, -0.15) is 0 Å². The summed E-state index contributed by atoms with van der Waals surface area (Å²) >= 11 is 0. The fourth-order valence-electron chi connectivity index (χ4n) is 2.04. The van der Waals surface area contributed by atoms with E-state index in [1.165, 1.54) is 0 Å². The normalized spacial score (nSPS) is 10.1. The Kier molecular flexibility index (Phi) is 4.45. The minimum Gasteiger partial charge on any atom is -0.378 e. The van der Waals surface area contributed by atoms with Crippen molar-refractivity contribution in [2.45, 2.75) is 6.92 Å². The smallest absolute Gasteiger partial charge is 0.257 e. The van der Waals surface area contributed by atoms with E-state index in [9.17, 15) is 4.79 Å². The molecule has 2 aromatic rings. The fraction of sp³-hybridized carbons (Fsp3) is 0.188. The van der Waals surface area contributed by atoms with Gasteiger partial charge in [0.2, 0.25) is 0 Å². The number of carbonyl (C=O) groups excluding carboxylic acids is 1. The zero-order valence-corrected chi connectivity index (χ0v) is 12.5. The standard InChI is InChI=1S/C16H20N4O/c1-11-7-8-14(15(9-11)19-17)16(21)18-12-5-4-6-13(10-12)20(2)3/h4-10,19H,17H2,1-3H3,(H,18,21). The van der Waals surface area contributed by atoms with E-state index >= 15 is 0 Å². The van der Waals surface area contributed by atoms with Crippen LogP contribution in [0, 0.1) is 6.92 Å². The van der Waals surface area contributed by atoms with Crippen molar-refractivity contribution in [3.63, 3.8) is 0 Å². The molecule has 5 heteroatoms. The summed E-state index contributed by atoms with van der Waals surface area (Å²) in [5.41, 5.74) is 6.49. The fourth-order valence-corrected chi connectivity index (χ4v) is 2.04. The number of hydrogen-bond acceptors (Lipinski definition) is 4. The predicted octanol–water partition coefficient (Wildman–Crippen LogP) is 2.60. The predicted molar refractivity (Wildman–Crippen MR) is 87.7 cm³/mol. The van der Waals surface area contributed by atoms with Gasteiger partial charge in [0.05, 0.1) is 11.3 Å². The number of anilines is 3. The summed E-state index contributed by atoms with van der Waals surface area (Å²) in [5.74, 6) is 5.28. The second-order valence-electron chi connectivity index (χ2n) is 5.09. The Bertz CT molecular complexity index is 652. The number of rotatable bonds is 4. The van der Waals surface area contributed by atoms with Crippen LogP contribution in [0.1, 0.15) is 15.9 Å². The minimum atomic E-state index is -0.196. The minimum absolute atomic E-state index is 0.196. The number of aryl methyl sites for hydroxylation is 1. The number of nitrogens with zero attached hydrogens (tertiary/aromatic N) is 1. The largest absolute Gasteiger partial charge is 0.378 e. The maximum absolute atomic E-state index is 12.4. The van der Waals surface area contributed by atoms with Gasteiger partial charge in [-0.25, -0.2) is 0 Å². The zero-order valence-electron chi connectivity index (χ0n) is 12.5. The van der Waals surface area contributed by atoms with Crippen LogP contribution in [0.25, 0.3) is 0 Å². The molecule has 0 bridgehead atoms. The Hall–Kier alpha value is -2.53. The van der Waals surface area contributed by atoms with Gasteiger partial charge in [0.15, 0.2) is 0 Å². The number of benzene rings is 2. The van der Waals surface area contributed by atoms with Crippen LogP contribution in [0.2, 0.25) is 0 Å². The van der Waals surface area contributed by atoms with Crippen LogP contribution >= 0.6 is 0 Å². The SMILES string of the molecule is Cc1ccc(C(=O)Nc2cccc(N(C)C)c2)c(NN)c1. The molecule has 0 saturated heterocycles. The number of hydrazine groups is 1. The highest BCUT2D eigenvalue weighted by molar-refractivity contribution is 6.08. The monoisotopic (exact) mass is 284 g/mol. The van der Waals surface area contributed by atoms with Crippen molar-refractivity contribution in [2.75, 3.05) is 29.7 Å². The number of nitrogens with one attached hydrogen (secondary N) is 2. The number of nitrogen functional groups attached to an aromatic ring is 1. The molecule has 0 aliphatic heterocycles. The van der Waals surface area contributed by atoms with Crippen molar-refractivity contribution in [2.24, 2.45) is 5.84 Å². The van der Waals surface area contributed by atoms with Crippen molar-refractivity contribution in [1.29, 1.82) is 0 Å². The van der Waals surface area contributed by atoms with E-state index in [1.807, 2.05) is 62.3 Å². The molecule has 0 unspecified atom stereocenters. The molecule has 2 aromatic carbocycles. The van der Waals surface area contributed by atoms with Gasteiger partial charge >= 0.3 is 0 Å². The molecule has 0 aromatic heterocycles. The molecule has 0 fully saturated rings. The lowest BCUT2D eigenvalue weighted by Gasteiger charge is -2.15. The summed E-state index contributed by atoms with van der Waals surface area (Å²) in [5, 5.41) is 2.89. The molecule has 0 aliphatic carbocycles. The van der Waals surface area contributed by atoms with Crippen LogP contribution < -0.4 is 21.5 Å². The number of carbonyl (C=O) groups is 1. The van der Waals surface area contributed by atoms with Gasteiger partial charge in [-0.15, -0.1) is 0 Å². The molecule has 21 heavy (non-hydrogen) atoms. The number of amides is 1. The molecule has 110 valence electrons. The molecule has 0 atom stereocenters. The molecule has 4 N–H and O–H groups in total. The Labute approximate surface area is 124 Å². The molecular formula is C16H20N4O. The van der Waals surface area contributed by atoms with Gasteiger partial charge in [-0.05, 0) is 42.8 Å². The van der Waals surface area contributed by atoms with Crippen LogP contribution in [0.5, 0.6) is 0 Å². The first-order valence-electron chi connectivity index (χ1n) is 6.67. The summed E-state index contributed by atoms with van der Waals surface area (Å²) in [6.45, 7) is 1.95. The van der Waals surface area contributed by atoms with Crippen molar-refractivity contribution < 1.29 is 4.79 Å². The third-order valence-corrected chi connectivity index (χ3v) is 3.20. The van der Waals surface area contributed by atoms with E-state index in [1.54, 1.807) is 6.07 Å². The maximum Gasteiger partial charge on any atom is 0.257 e. The van der Waals surface area contributed by atoms with Crippen LogP contribution in [0.3, 0.4) is 0 Å². The maximum atomic E-state index is 12.4. The molecular weight excluding hydrogens is 264 g/mol.